The van der Waals surface area contributed by atoms with E-state index in [1.54, 1.807) is 27.8 Å². The molecule has 1 aromatic rings. The summed E-state index contributed by atoms with van der Waals surface area (Å²) in [4.78, 5) is 0. The average molecular weight is 204 g/mol. The number of hydrogen-bond donors (Lipinski definition) is 0. The molecule has 2 aliphatic rings. The van der Waals surface area contributed by atoms with E-state index in [1.165, 1.54) is 38.5 Å². The lowest BCUT2D eigenvalue weighted by Gasteiger charge is -2.10. The Morgan fingerprint density at radius 2 is 1.33 bits per heavy atom. The van der Waals surface area contributed by atoms with Crippen molar-refractivity contribution in [2.24, 2.45) is 0 Å². The van der Waals surface area contributed by atoms with Gasteiger partial charge in [0.05, 0.1) is 0 Å². The molecule has 0 aromatic heterocycles. The molecule has 0 unspecified atom stereocenters. The number of rotatable bonds is 0. The summed E-state index contributed by atoms with van der Waals surface area (Å²) in [6.45, 7) is 6.34. The van der Waals surface area contributed by atoms with Crippen LogP contribution in [-0.4, -0.2) is 0 Å². The quantitative estimate of drug-likeness (QED) is 0.593. The van der Waals surface area contributed by atoms with Gasteiger partial charge in [-0.1, -0.05) is 19.9 Å². The number of aryl methyl sites for hydroxylation is 2. The first-order chi connectivity index (χ1) is 7.36. The van der Waals surface area contributed by atoms with Crippen LogP contribution in [-0.2, 0) is 25.7 Å². The smallest absolute Gasteiger partial charge is 0 e. The maximum absolute atomic E-state index is 2.50. The molecule has 0 heteroatoms. The highest BCUT2D eigenvalue weighted by Gasteiger charge is 2.21. The van der Waals surface area contributed by atoms with Gasteiger partial charge in [-0.05, 0) is 73.3 Å². The van der Waals surface area contributed by atoms with Gasteiger partial charge in [-0.15, -0.1) is 0 Å². The van der Waals surface area contributed by atoms with Crippen LogP contribution in [0.4, 0.5) is 0 Å². The van der Waals surface area contributed by atoms with Crippen molar-refractivity contribution in [1.82, 2.24) is 0 Å². The SMILES string of the molecule is CC.Cc1c2c(cc3c1CCC3)CCC2.[HH]. The topological polar surface area (TPSA) is 0 Å². The highest BCUT2D eigenvalue weighted by molar-refractivity contribution is 5.49. The van der Waals surface area contributed by atoms with Gasteiger partial charge in [0.2, 0.25) is 0 Å². The standard InChI is InChI=1S/C13H16.C2H6.H2/c1-9-12-6-2-4-10(12)8-11-5-3-7-13(9)11;1-2;/h8H,2-7H2,1H3;1-2H3;1H. The van der Waals surface area contributed by atoms with E-state index in [2.05, 4.69) is 13.0 Å². The Hall–Kier alpha value is -0.780. The molecule has 0 amide bonds. The van der Waals surface area contributed by atoms with Crippen LogP contribution in [0.2, 0.25) is 0 Å². The first-order valence-electron chi connectivity index (χ1n) is 6.49. The van der Waals surface area contributed by atoms with Crippen molar-refractivity contribution in [3.05, 3.63) is 33.9 Å². The second kappa shape index (κ2) is 4.38. The van der Waals surface area contributed by atoms with Crippen LogP contribution < -0.4 is 0 Å². The molecule has 0 heterocycles. The largest absolute Gasteiger partial charge is 0.0683 e. The Balaban J connectivity index is 0.000000406. The highest BCUT2D eigenvalue weighted by atomic mass is 14.3. The van der Waals surface area contributed by atoms with E-state index in [9.17, 15) is 0 Å². The zero-order valence-corrected chi connectivity index (χ0v) is 10.3. The predicted octanol–water partition coefficient (Wildman–Crippen LogP) is 4.24. The molecular weight excluding hydrogens is 180 g/mol. The van der Waals surface area contributed by atoms with Crippen molar-refractivity contribution < 1.29 is 1.43 Å². The molecule has 15 heavy (non-hydrogen) atoms. The van der Waals surface area contributed by atoms with Crippen molar-refractivity contribution in [3.63, 3.8) is 0 Å². The summed E-state index contributed by atoms with van der Waals surface area (Å²) in [5.74, 6) is 0. The van der Waals surface area contributed by atoms with Crippen LogP contribution in [0.5, 0.6) is 0 Å². The van der Waals surface area contributed by atoms with Crippen molar-refractivity contribution in [1.29, 1.82) is 0 Å². The second-order valence-corrected chi connectivity index (χ2v) is 4.48. The van der Waals surface area contributed by atoms with Crippen molar-refractivity contribution in [2.45, 2.75) is 59.3 Å². The molecule has 0 fully saturated rings. The minimum absolute atomic E-state index is 0. The number of fused-ring (bicyclic) bond motifs is 2. The lowest BCUT2D eigenvalue weighted by molar-refractivity contribution is 0.893. The average Bonchev–Trinajstić information content (AvgIpc) is 2.89. The van der Waals surface area contributed by atoms with Crippen molar-refractivity contribution >= 4 is 0 Å². The van der Waals surface area contributed by atoms with Crippen LogP contribution in [0.15, 0.2) is 6.07 Å². The lowest BCUT2D eigenvalue weighted by atomic mass is 9.95. The van der Waals surface area contributed by atoms with Gasteiger partial charge >= 0.3 is 0 Å². The third-order valence-electron chi connectivity index (χ3n) is 3.77. The minimum atomic E-state index is 0. The molecule has 0 atom stereocenters. The molecule has 0 bridgehead atoms. The molecule has 0 radical (unpaired) electrons. The van der Waals surface area contributed by atoms with Crippen LogP contribution in [0.3, 0.4) is 0 Å². The predicted molar refractivity (Wildman–Crippen MR) is 68.7 cm³/mol. The minimum Gasteiger partial charge on any atom is -0.0683 e. The van der Waals surface area contributed by atoms with Gasteiger partial charge in [0.15, 0.2) is 0 Å². The first-order valence-corrected chi connectivity index (χ1v) is 6.49. The molecule has 0 aliphatic heterocycles. The Bertz CT molecular complexity index is 334. The normalized spacial score (nSPS) is 16.7. The van der Waals surface area contributed by atoms with Crippen molar-refractivity contribution in [3.8, 4) is 0 Å². The van der Waals surface area contributed by atoms with E-state index >= 15 is 0 Å². The summed E-state index contributed by atoms with van der Waals surface area (Å²) < 4.78 is 0. The van der Waals surface area contributed by atoms with E-state index < -0.39 is 0 Å². The van der Waals surface area contributed by atoms with E-state index in [1.807, 2.05) is 13.8 Å². The van der Waals surface area contributed by atoms with Gasteiger partial charge in [0, 0.05) is 1.43 Å². The van der Waals surface area contributed by atoms with Gasteiger partial charge < -0.3 is 0 Å². The van der Waals surface area contributed by atoms with Crippen LogP contribution in [0, 0.1) is 6.92 Å². The summed E-state index contributed by atoms with van der Waals surface area (Å²) in [5, 5.41) is 0. The summed E-state index contributed by atoms with van der Waals surface area (Å²) >= 11 is 0. The lowest BCUT2D eigenvalue weighted by Crippen LogP contribution is -1.95. The molecule has 1 aromatic carbocycles. The fourth-order valence-corrected chi connectivity index (χ4v) is 3.10. The molecule has 84 valence electrons. The summed E-state index contributed by atoms with van der Waals surface area (Å²) in [5.41, 5.74) is 8.36. The third kappa shape index (κ3) is 1.71. The molecule has 2 aliphatic carbocycles. The summed E-state index contributed by atoms with van der Waals surface area (Å²) in [7, 11) is 0. The second-order valence-electron chi connectivity index (χ2n) is 4.48. The highest BCUT2D eigenvalue weighted by Crippen LogP contribution is 2.34. The maximum atomic E-state index is 2.50. The van der Waals surface area contributed by atoms with Crippen LogP contribution in [0.25, 0.3) is 0 Å². The Kier molecular flexibility index (Phi) is 3.14. The fraction of sp³-hybridized carbons (Fsp3) is 0.600. The summed E-state index contributed by atoms with van der Waals surface area (Å²) in [6, 6.07) is 2.50. The van der Waals surface area contributed by atoms with Crippen LogP contribution in [0.1, 0.15) is 55.9 Å². The van der Waals surface area contributed by atoms with Gasteiger partial charge in [0.25, 0.3) is 0 Å². The molecule has 0 N–H and O–H groups in total. The van der Waals surface area contributed by atoms with Gasteiger partial charge in [-0.3, -0.25) is 0 Å². The van der Waals surface area contributed by atoms with E-state index in [-0.39, 0.29) is 1.43 Å². The van der Waals surface area contributed by atoms with Gasteiger partial charge in [0.1, 0.15) is 0 Å². The molecule has 0 saturated carbocycles. The van der Waals surface area contributed by atoms with Gasteiger partial charge in [-0.25, -0.2) is 0 Å². The molecule has 0 spiro atoms. The number of benzene rings is 1. The number of hydrogen-bond acceptors (Lipinski definition) is 0. The van der Waals surface area contributed by atoms with Crippen LogP contribution >= 0.6 is 0 Å². The van der Waals surface area contributed by atoms with Crippen molar-refractivity contribution in [2.75, 3.05) is 0 Å². The zero-order chi connectivity index (χ0) is 10.8. The summed E-state index contributed by atoms with van der Waals surface area (Å²) in [6.07, 6.45) is 8.13. The monoisotopic (exact) mass is 204 g/mol. The van der Waals surface area contributed by atoms with E-state index in [4.69, 9.17) is 0 Å². The zero-order valence-electron chi connectivity index (χ0n) is 10.3. The fourth-order valence-electron chi connectivity index (χ4n) is 3.10. The molecule has 3 rings (SSSR count). The first kappa shape index (κ1) is 10.7. The van der Waals surface area contributed by atoms with Gasteiger partial charge in [-0.2, -0.15) is 0 Å². The molecule has 0 saturated heterocycles. The third-order valence-corrected chi connectivity index (χ3v) is 3.77. The maximum Gasteiger partial charge on any atom is 0 e. The Morgan fingerprint density at radius 3 is 1.80 bits per heavy atom. The Morgan fingerprint density at radius 1 is 0.867 bits per heavy atom. The van der Waals surface area contributed by atoms with E-state index in [0.717, 1.165) is 0 Å². The molecule has 0 nitrogen and oxygen atoms in total. The Labute approximate surface area is 95.2 Å². The van der Waals surface area contributed by atoms with E-state index in [0.29, 0.717) is 0 Å². The molecular formula is C15H24.